The van der Waals surface area contributed by atoms with Gasteiger partial charge in [-0.15, -0.1) is 0 Å². The zero-order chi connectivity index (χ0) is 13.2. The van der Waals surface area contributed by atoms with E-state index >= 15 is 0 Å². The molecule has 2 rings (SSSR count). The number of hydrogen-bond acceptors (Lipinski definition) is 2. The van der Waals surface area contributed by atoms with Gasteiger partial charge in [-0.3, -0.25) is 4.90 Å². The quantitative estimate of drug-likeness (QED) is 0.762. The van der Waals surface area contributed by atoms with Gasteiger partial charge >= 0.3 is 0 Å². The molecule has 1 heterocycles. The van der Waals surface area contributed by atoms with Crippen LogP contribution in [0.4, 0.5) is 0 Å². The molecule has 0 aromatic carbocycles. The van der Waals surface area contributed by atoms with Crippen LogP contribution in [-0.2, 0) is 0 Å². The Bertz CT molecular complexity index is 274. The van der Waals surface area contributed by atoms with Crippen molar-refractivity contribution in [1.82, 2.24) is 4.90 Å². The highest BCUT2D eigenvalue weighted by Gasteiger charge is 2.41. The van der Waals surface area contributed by atoms with Crippen molar-refractivity contribution < 1.29 is 0 Å². The second-order valence-corrected chi connectivity index (χ2v) is 7.48. The van der Waals surface area contributed by atoms with Gasteiger partial charge in [-0.05, 0) is 57.4 Å². The summed E-state index contributed by atoms with van der Waals surface area (Å²) in [6.45, 7) is 9.40. The maximum atomic E-state index is 6.25. The number of piperidine rings is 1. The standard InChI is InChI=1S/C16H32N2/c1-14-7-4-5-12-18(14)16(13-17)9-6-8-15(2,3)10-11-16/h14H,4-13,17H2,1-3H3. The summed E-state index contributed by atoms with van der Waals surface area (Å²) >= 11 is 0. The van der Waals surface area contributed by atoms with Gasteiger partial charge < -0.3 is 5.73 Å². The lowest BCUT2D eigenvalue weighted by Gasteiger charge is -2.49. The van der Waals surface area contributed by atoms with E-state index in [1.165, 1.54) is 57.9 Å². The topological polar surface area (TPSA) is 29.3 Å². The molecule has 2 unspecified atom stereocenters. The fourth-order valence-electron chi connectivity index (χ4n) is 4.13. The molecular formula is C16H32N2. The maximum Gasteiger partial charge on any atom is 0.0334 e. The van der Waals surface area contributed by atoms with Gasteiger partial charge in [-0.25, -0.2) is 0 Å². The number of rotatable bonds is 2. The zero-order valence-corrected chi connectivity index (χ0v) is 12.7. The van der Waals surface area contributed by atoms with Crippen LogP contribution in [-0.4, -0.2) is 29.6 Å². The van der Waals surface area contributed by atoms with E-state index < -0.39 is 0 Å². The van der Waals surface area contributed by atoms with Gasteiger partial charge in [-0.1, -0.05) is 26.7 Å². The van der Waals surface area contributed by atoms with Gasteiger partial charge in [0.1, 0.15) is 0 Å². The van der Waals surface area contributed by atoms with Crippen LogP contribution in [0.2, 0.25) is 0 Å². The van der Waals surface area contributed by atoms with Crippen LogP contribution in [0, 0.1) is 5.41 Å². The molecule has 0 bridgehead atoms. The van der Waals surface area contributed by atoms with Crippen molar-refractivity contribution in [3.05, 3.63) is 0 Å². The molecule has 0 aromatic heterocycles. The Kier molecular flexibility index (Phi) is 4.38. The van der Waals surface area contributed by atoms with Crippen molar-refractivity contribution in [2.24, 2.45) is 11.1 Å². The molecule has 1 saturated carbocycles. The first-order chi connectivity index (χ1) is 8.49. The molecule has 106 valence electrons. The third-order valence-corrected chi connectivity index (χ3v) is 5.56. The summed E-state index contributed by atoms with van der Waals surface area (Å²) in [5.74, 6) is 0. The van der Waals surface area contributed by atoms with Crippen molar-refractivity contribution in [2.45, 2.75) is 83.7 Å². The minimum absolute atomic E-state index is 0.313. The van der Waals surface area contributed by atoms with Crippen LogP contribution >= 0.6 is 0 Å². The molecule has 0 aromatic rings. The molecular weight excluding hydrogens is 220 g/mol. The van der Waals surface area contributed by atoms with Gasteiger partial charge in [0.05, 0.1) is 0 Å². The zero-order valence-electron chi connectivity index (χ0n) is 12.7. The molecule has 18 heavy (non-hydrogen) atoms. The summed E-state index contributed by atoms with van der Waals surface area (Å²) in [6.07, 6.45) is 10.8. The molecule has 0 amide bonds. The van der Waals surface area contributed by atoms with Crippen LogP contribution in [0.5, 0.6) is 0 Å². The van der Waals surface area contributed by atoms with Crippen molar-refractivity contribution in [2.75, 3.05) is 13.1 Å². The van der Waals surface area contributed by atoms with Crippen LogP contribution in [0.3, 0.4) is 0 Å². The highest BCUT2D eigenvalue weighted by molar-refractivity contribution is 4.98. The van der Waals surface area contributed by atoms with Crippen LogP contribution in [0.15, 0.2) is 0 Å². The lowest BCUT2D eigenvalue weighted by molar-refractivity contribution is 0.0168. The lowest BCUT2D eigenvalue weighted by Crippen LogP contribution is -2.58. The van der Waals surface area contributed by atoms with Gasteiger partial charge in [0.2, 0.25) is 0 Å². The summed E-state index contributed by atoms with van der Waals surface area (Å²) < 4.78 is 0. The molecule has 2 N–H and O–H groups in total. The Hall–Kier alpha value is -0.0800. The first kappa shape index (κ1) is 14.3. The lowest BCUT2D eigenvalue weighted by atomic mass is 9.81. The molecule has 0 spiro atoms. The van der Waals surface area contributed by atoms with Gasteiger partial charge in [0, 0.05) is 18.1 Å². The van der Waals surface area contributed by atoms with Crippen LogP contribution in [0.25, 0.3) is 0 Å². The minimum Gasteiger partial charge on any atom is -0.329 e. The fraction of sp³-hybridized carbons (Fsp3) is 1.00. The second kappa shape index (κ2) is 5.50. The highest BCUT2D eigenvalue weighted by atomic mass is 15.2. The van der Waals surface area contributed by atoms with E-state index in [9.17, 15) is 0 Å². The molecule has 0 radical (unpaired) electrons. The molecule has 2 atom stereocenters. The highest BCUT2D eigenvalue weighted by Crippen LogP contribution is 2.42. The summed E-state index contributed by atoms with van der Waals surface area (Å²) in [7, 11) is 0. The normalized spacial score (nSPS) is 38.3. The maximum absolute atomic E-state index is 6.25. The predicted octanol–water partition coefficient (Wildman–Crippen LogP) is 3.55. The smallest absolute Gasteiger partial charge is 0.0334 e. The van der Waals surface area contributed by atoms with Crippen molar-refractivity contribution in [1.29, 1.82) is 0 Å². The molecule has 1 aliphatic carbocycles. The molecule has 2 aliphatic rings. The van der Waals surface area contributed by atoms with Crippen molar-refractivity contribution >= 4 is 0 Å². The number of likely N-dealkylation sites (tertiary alicyclic amines) is 1. The summed E-state index contributed by atoms with van der Waals surface area (Å²) in [5.41, 5.74) is 7.08. The monoisotopic (exact) mass is 252 g/mol. The van der Waals surface area contributed by atoms with E-state index in [2.05, 4.69) is 25.7 Å². The first-order valence-corrected chi connectivity index (χ1v) is 7.96. The van der Waals surface area contributed by atoms with Gasteiger partial charge in [0.25, 0.3) is 0 Å². The number of nitrogens with two attached hydrogens (primary N) is 1. The van der Waals surface area contributed by atoms with Crippen LogP contribution < -0.4 is 5.73 Å². The Labute approximate surface area is 113 Å². The molecule has 2 fully saturated rings. The Morgan fingerprint density at radius 2 is 1.83 bits per heavy atom. The number of hydrogen-bond donors (Lipinski definition) is 1. The number of nitrogens with zero attached hydrogens (tertiary/aromatic N) is 1. The van der Waals surface area contributed by atoms with Crippen molar-refractivity contribution in [3.8, 4) is 0 Å². The summed E-state index contributed by atoms with van der Waals surface area (Å²) in [4.78, 5) is 2.78. The third kappa shape index (κ3) is 2.91. The Morgan fingerprint density at radius 3 is 2.50 bits per heavy atom. The minimum atomic E-state index is 0.313. The average Bonchev–Trinajstić information content (AvgIpc) is 2.49. The van der Waals surface area contributed by atoms with E-state index in [0.29, 0.717) is 11.0 Å². The van der Waals surface area contributed by atoms with Gasteiger partial charge in [-0.2, -0.15) is 0 Å². The second-order valence-electron chi connectivity index (χ2n) is 7.48. The van der Waals surface area contributed by atoms with Crippen molar-refractivity contribution in [3.63, 3.8) is 0 Å². The van der Waals surface area contributed by atoms with E-state index in [4.69, 9.17) is 5.73 Å². The van der Waals surface area contributed by atoms with E-state index in [0.717, 1.165) is 12.6 Å². The largest absolute Gasteiger partial charge is 0.329 e. The Morgan fingerprint density at radius 1 is 1.06 bits per heavy atom. The van der Waals surface area contributed by atoms with E-state index in [1.807, 2.05) is 0 Å². The predicted molar refractivity (Wildman–Crippen MR) is 78.7 cm³/mol. The third-order valence-electron chi connectivity index (χ3n) is 5.56. The Balaban J connectivity index is 2.13. The average molecular weight is 252 g/mol. The summed E-state index contributed by atoms with van der Waals surface area (Å²) in [5, 5.41) is 0. The molecule has 1 aliphatic heterocycles. The SMILES string of the molecule is CC1CCCCN1C1(CN)CCCC(C)(C)CC1. The molecule has 1 saturated heterocycles. The first-order valence-electron chi connectivity index (χ1n) is 7.96. The van der Waals surface area contributed by atoms with Crippen LogP contribution in [0.1, 0.15) is 72.1 Å². The fourth-order valence-corrected chi connectivity index (χ4v) is 4.13. The molecule has 2 nitrogen and oxygen atoms in total. The van der Waals surface area contributed by atoms with E-state index in [1.54, 1.807) is 0 Å². The summed E-state index contributed by atoms with van der Waals surface area (Å²) in [6, 6.07) is 0.739. The van der Waals surface area contributed by atoms with Gasteiger partial charge in [0.15, 0.2) is 0 Å². The molecule has 2 heteroatoms. The van der Waals surface area contributed by atoms with E-state index in [-0.39, 0.29) is 0 Å².